The Balaban J connectivity index is 1.30. The van der Waals surface area contributed by atoms with E-state index in [4.69, 9.17) is 0 Å². The van der Waals surface area contributed by atoms with E-state index in [1.165, 1.54) is 29.2 Å². The predicted octanol–water partition coefficient (Wildman–Crippen LogP) is 2.95. The number of rotatable bonds is 5. The Morgan fingerprint density at radius 1 is 0.966 bits per heavy atom. The van der Waals surface area contributed by atoms with E-state index in [1.807, 2.05) is 18.2 Å². The summed E-state index contributed by atoms with van der Waals surface area (Å²) >= 11 is 0. The summed E-state index contributed by atoms with van der Waals surface area (Å²) in [5.41, 5.74) is 1.95. The number of Topliss-reactive ketones (excluding diaryl/α,β-unsaturated/α-hetero) is 1. The molecule has 4 rings (SSSR count). The topological polar surface area (TPSA) is 57.7 Å². The van der Waals surface area contributed by atoms with Crippen molar-refractivity contribution in [2.24, 2.45) is 5.92 Å². The second-order valence-electron chi connectivity index (χ2n) is 7.67. The highest BCUT2D eigenvalue weighted by molar-refractivity contribution is 6.09. The van der Waals surface area contributed by atoms with Gasteiger partial charge in [-0.1, -0.05) is 18.2 Å². The first-order valence-corrected chi connectivity index (χ1v) is 9.97. The molecule has 2 aliphatic heterocycles. The summed E-state index contributed by atoms with van der Waals surface area (Å²) in [4.78, 5) is 41.1. The third kappa shape index (κ3) is 4.12. The Labute approximate surface area is 169 Å². The van der Waals surface area contributed by atoms with Crippen molar-refractivity contribution in [3.63, 3.8) is 0 Å². The Bertz CT molecular complexity index is 933. The molecule has 150 valence electrons. The van der Waals surface area contributed by atoms with Crippen molar-refractivity contribution in [2.45, 2.75) is 19.3 Å². The molecule has 29 heavy (non-hydrogen) atoms. The fourth-order valence-electron chi connectivity index (χ4n) is 4.14. The first-order valence-electron chi connectivity index (χ1n) is 9.97. The number of fused-ring (bicyclic) bond motifs is 1. The molecule has 0 saturated carbocycles. The van der Waals surface area contributed by atoms with Gasteiger partial charge < -0.3 is 4.90 Å². The minimum Gasteiger partial charge on any atom is -0.302 e. The number of hydrogen-bond donors (Lipinski definition) is 0. The number of carbonyl (C=O) groups is 3. The highest BCUT2D eigenvalue weighted by Gasteiger charge is 2.31. The first kappa shape index (κ1) is 19.5. The number of imide groups is 1. The Hall–Kier alpha value is -2.86. The highest BCUT2D eigenvalue weighted by atomic mass is 19.1. The van der Waals surface area contributed by atoms with E-state index < -0.39 is 0 Å². The van der Waals surface area contributed by atoms with Gasteiger partial charge in [0.15, 0.2) is 5.78 Å². The Morgan fingerprint density at radius 3 is 2.38 bits per heavy atom. The third-order valence-corrected chi connectivity index (χ3v) is 5.86. The second kappa shape index (κ2) is 8.25. The number of nitrogens with zero attached hydrogens (tertiary/aromatic N) is 2. The number of halogens is 1. The molecule has 6 heteroatoms. The van der Waals surface area contributed by atoms with Crippen LogP contribution in [0.5, 0.6) is 0 Å². The minimum absolute atomic E-state index is 0.0580. The molecular weight excluding hydrogens is 371 g/mol. The number of carbonyl (C=O) groups excluding carboxylic acids is 3. The van der Waals surface area contributed by atoms with Crippen LogP contribution in [0.3, 0.4) is 0 Å². The summed E-state index contributed by atoms with van der Waals surface area (Å²) in [7, 11) is 0. The van der Waals surface area contributed by atoms with Crippen molar-refractivity contribution in [1.82, 2.24) is 9.80 Å². The zero-order valence-electron chi connectivity index (χ0n) is 16.1. The second-order valence-corrected chi connectivity index (χ2v) is 7.67. The largest absolute Gasteiger partial charge is 0.302 e. The van der Waals surface area contributed by atoms with E-state index in [9.17, 15) is 18.8 Å². The van der Waals surface area contributed by atoms with Crippen LogP contribution in [0.4, 0.5) is 4.39 Å². The zero-order chi connectivity index (χ0) is 20.4. The average Bonchev–Trinajstić information content (AvgIpc) is 2.74. The summed E-state index contributed by atoms with van der Waals surface area (Å²) in [6, 6.07) is 12.9. The highest BCUT2D eigenvalue weighted by Crippen LogP contribution is 2.23. The maximum atomic E-state index is 13.0. The molecule has 5 nitrogen and oxygen atoms in total. The van der Waals surface area contributed by atoms with Crippen LogP contribution in [0.2, 0.25) is 0 Å². The van der Waals surface area contributed by atoms with Crippen LogP contribution >= 0.6 is 0 Å². The number of hydrogen-bond acceptors (Lipinski definition) is 4. The normalized spacial score (nSPS) is 18.0. The number of benzene rings is 2. The van der Waals surface area contributed by atoms with Crippen LogP contribution in [0.25, 0.3) is 0 Å². The fraction of sp³-hybridized carbons (Fsp3) is 0.348. The van der Waals surface area contributed by atoms with Crippen LogP contribution in [0, 0.1) is 11.7 Å². The van der Waals surface area contributed by atoms with Gasteiger partial charge in [0, 0.05) is 30.1 Å². The van der Waals surface area contributed by atoms with E-state index in [-0.39, 0.29) is 35.8 Å². The predicted molar refractivity (Wildman–Crippen MR) is 106 cm³/mol. The third-order valence-electron chi connectivity index (χ3n) is 5.86. The van der Waals surface area contributed by atoms with Gasteiger partial charge in [-0.3, -0.25) is 19.3 Å². The summed E-state index contributed by atoms with van der Waals surface area (Å²) in [5, 5.41) is 0. The lowest BCUT2D eigenvalue weighted by Crippen LogP contribution is -2.47. The van der Waals surface area contributed by atoms with Crippen molar-refractivity contribution in [2.75, 3.05) is 26.2 Å². The van der Waals surface area contributed by atoms with E-state index in [0.29, 0.717) is 24.2 Å². The maximum Gasteiger partial charge on any atom is 0.260 e. The van der Waals surface area contributed by atoms with Gasteiger partial charge in [-0.25, -0.2) is 4.39 Å². The molecule has 2 aromatic carbocycles. The molecule has 0 aliphatic carbocycles. The monoisotopic (exact) mass is 394 g/mol. The molecule has 0 aromatic heterocycles. The molecule has 2 amide bonds. The van der Waals surface area contributed by atoms with Gasteiger partial charge in [-0.15, -0.1) is 0 Å². The molecule has 2 aliphatic rings. The van der Waals surface area contributed by atoms with Crippen molar-refractivity contribution in [3.8, 4) is 0 Å². The molecule has 0 bridgehead atoms. The van der Waals surface area contributed by atoms with Gasteiger partial charge in [0.2, 0.25) is 5.91 Å². The minimum atomic E-state index is -0.346. The molecule has 0 spiro atoms. The fourth-order valence-corrected chi connectivity index (χ4v) is 4.14. The van der Waals surface area contributed by atoms with Gasteiger partial charge in [0.05, 0.1) is 6.42 Å². The van der Waals surface area contributed by atoms with E-state index in [1.54, 1.807) is 6.07 Å². The van der Waals surface area contributed by atoms with Crippen LogP contribution in [0.1, 0.15) is 39.1 Å². The number of amides is 2. The Kier molecular flexibility index (Phi) is 5.53. The zero-order valence-corrected chi connectivity index (χ0v) is 16.1. The van der Waals surface area contributed by atoms with Crippen LogP contribution in [-0.2, 0) is 11.2 Å². The summed E-state index contributed by atoms with van der Waals surface area (Å²) in [6.45, 7) is 2.45. The summed E-state index contributed by atoms with van der Waals surface area (Å²) in [5.74, 6) is -0.737. The lowest BCUT2D eigenvalue weighted by Gasteiger charge is -2.33. The van der Waals surface area contributed by atoms with Gasteiger partial charge in [0.1, 0.15) is 5.82 Å². The van der Waals surface area contributed by atoms with Gasteiger partial charge in [-0.2, -0.15) is 0 Å². The summed E-state index contributed by atoms with van der Waals surface area (Å²) in [6.07, 6.45) is 1.71. The molecule has 2 aromatic rings. The number of likely N-dealkylation sites (tertiary alicyclic amines) is 1. The van der Waals surface area contributed by atoms with Crippen molar-refractivity contribution in [3.05, 3.63) is 71.0 Å². The maximum absolute atomic E-state index is 13.0. The summed E-state index contributed by atoms with van der Waals surface area (Å²) < 4.78 is 13.0. The molecular formula is C23H23FN2O3. The molecule has 2 heterocycles. The van der Waals surface area contributed by atoms with E-state index >= 15 is 0 Å². The molecule has 0 unspecified atom stereocenters. The van der Waals surface area contributed by atoms with E-state index in [0.717, 1.165) is 31.5 Å². The molecule has 0 radical (unpaired) electrons. The lowest BCUT2D eigenvalue weighted by molar-refractivity contribution is -0.128. The van der Waals surface area contributed by atoms with Crippen molar-refractivity contribution < 1.29 is 18.8 Å². The van der Waals surface area contributed by atoms with Gasteiger partial charge in [-0.05, 0) is 61.8 Å². The number of piperidine rings is 1. The average molecular weight is 394 g/mol. The van der Waals surface area contributed by atoms with Crippen molar-refractivity contribution >= 4 is 17.6 Å². The van der Waals surface area contributed by atoms with Crippen molar-refractivity contribution in [1.29, 1.82) is 0 Å². The molecule has 0 atom stereocenters. The van der Waals surface area contributed by atoms with Gasteiger partial charge >= 0.3 is 0 Å². The molecule has 0 N–H and O–H groups in total. The van der Waals surface area contributed by atoms with Crippen LogP contribution < -0.4 is 0 Å². The van der Waals surface area contributed by atoms with Gasteiger partial charge in [0.25, 0.3) is 5.91 Å². The lowest BCUT2D eigenvalue weighted by atomic mass is 9.89. The number of ketones is 1. The van der Waals surface area contributed by atoms with Crippen LogP contribution in [-0.4, -0.2) is 53.6 Å². The molecule has 1 saturated heterocycles. The smallest absolute Gasteiger partial charge is 0.260 e. The SMILES string of the molecule is O=C(c1ccc(F)cc1)C1CCN(CCN2C(=O)Cc3ccccc3C2=O)CC1. The molecule has 1 fully saturated rings. The first-order chi connectivity index (χ1) is 14.0. The van der Waals surface area contributed by atoms with E-state index in [2.05, 4.69) is 4.90 Å². The standard InChI is InChI=1S/C23H23FN2O3/c24-19-7-5-16(6-8-19)22(28)17-9-11-25(12-10-17)13-14-26-21(27)15-18-3-1-2-4-20(18)23(26)29/h1-8,17H,9-15H2. The quantitative estimate of drug-likeness (QED) is 0.578. The Morgan fingerprint density at radius 2 is 1.66 bits per heavy atom. The van der Waals surface area contributed by atoms with Crippen LogP contribution in [0.15, 0.2) is 48.5 Å².